The van der Waals surface area contributed by atoms with E-state index >= 15 is 0 Å². The van der Waals surface area contributed by atoms with Crippen LogP contribution >= 0.6 is 0 Å². The minimum atomic E-state index is 0.106. The molecule has 0 aromatic rings. The summed E-state index contributed by atoms with van der Waals surface area (Å²) in [6, 6.07) is 0. The van der Waals surface area contributed by atoms with Crippen LogP contribution in [0.15, 0.2) is 12.2 Å². The molecule has 1 spiro atoms. The smallest absolute Gasteiger partial charge is 0.187 e. The number of hydrogen-bond donors (Lipinski definition) is 0. The van der Waals surface area contributed by atoms with E-state index in [1.807, 2.05) is 0 Å². The van der Waals surface area contributed by atoms with Gasteiger partial charge in [-0.25, -0.2) is 0 Å². The molecule has 2 nitrogen and oxygen atoms in total. The van der Waals surface area contributed by atoms with Gasteiger partial charge in [0.05, 0.1) is 0 Å². The lowest BCUT2D eigenvalue weighted by Gasteiger charge is -2.36. The summed E-state index contributed by atoms with van der Waals surface area (Å²) in [5.41, 5.74) is 0.630. The average Bonchev–Trinajstić information content (AvgIpc) is 3.00. The fourth-order valence-corrected chi connectivity index (χ4v) is 4.30. The molecule has 1 aliphatic carbocycles. The molecular weight excluding hydrogens is 224 g/mol. The molecule has 3 unspecified atom stereocenters. The van der Waals surface area contributed by atoms with Gasteiger partial charge in [0.15, 0.2) is 6.29 Å². The van der Waals surface area contributed by atoms with E-state index in [1.54, 1.807) is 0 Å². The van der Waals surface area contributed by atoms with Crippen molar-refractivity contribution in [3.05, 3.63) is 12.2 Å². The average molecular weight is 250 g/mol. The van der Waals surface area contributed by atoms with Crippen molar-refractivity contribution >= 4 is 0 Å². The Kier molecular flexibility index (Phi) is 3.27. The monoisotopic (exact) mass is 250 g/mol. The molecule has 2 saturated heterocycles. The molecule has 0 amide bonds. The van der Waals surface area contributed by atoms with Gasteiger partial charge >= 0.3 is 0 Å². The van der Waals surface area contributed by atoms with Gasteiger partial charge in [0.2, 0.25) is 0 Å². The van der Waals surface area contributed by atoms with E-state index in [0.29, 0.717) is 11.3 Å². The SMILES string of the molecule is CC/C=C\CCC12CCCOC3O[C@]3(CC1)C2C. The van der Waals surface area contributed by atoms with Crippen LogP contribution in [0.4, 0.5) is 0 Å². The molecule has 1 saturated carbocycles. The quantitative estimate of drug-likeness (QED) is 0.554. The second kappa shape index (κ2) is 4.64. The fourth-order valence-electron chi connectivity index (χ4n) is 4.30. The molecule has 3 rings (SSSR count). The van der Waals surface area contributed by atoms with Crippen molar-refractivity contribution in [2.24, 2.45) is 11.3 Å². The van der Waals surface area contributed by atoms with E-state index in [9.17, 15) is 0 Å². The number of rotatable bonds is 4. The van der Waals surface area contributed by atoms with Gasteiger partial charge in [-0.05, 0) is 56.3 Å². The van der Waals surface area contributed by atoms with Gasteiger partial charge in [-0.2, -0.15) is 0 Å². The summed E-state index contributed by atoms with van der Waals surface area (Å²) in [7, 11) is 0. The van der Waals surface area contributed by atoms with Gasteiger partial charge in [0, 0.05) is 6.61 Å². The molecule has 102 valence electrons. The van der Waals surface area contributed by atoms with Crippen molar-refractivity contribution in [1.82, 2.24) is 0 Å². The molecule has 2 aliphatic heterocycles. The van der Waals surface area contributed by atoms with E-state index < -0.39 is 0 Å². The zero-order valence-electron chi connectivity index (χ0n) is 11.8. The molecule has 2 heterocycles. The van der Waals surface area contributed by atoms with Crippen LogP contribution < -0.4 is 0 Å². The summed E-state index contributed by atoms with van der Waals surface area (Å²) in [5, 5.41) is 0. The molecule has 0 N–H and O–H groups in total. The summed E-state index contributed by atoms with van der Waals surface area (Å²) in [4.78, 5) is 0. The topological polar surface area (TPSA) is 21.8 Å². The first kappa shape index (κ1) is 12.7. The highest BCUT2D eigenvalue weighted by Gasteiger charge is 2.69. The minimum absolute atomic E-state index is 0.106. The Labute approximate surface area is 111 Å². The first-order valence-corrected chi connectivity index (χ1v) is 7.68. The maximum atomic E-state index is 5.94. The lowest BCUT2D eigenvalue weighted by Crippen LogP contribution is -2.34. The zero-order valence-corrected chi connectivity index (χ0v) is 11.8. The minimum Gasteiger partial charge on any atom is -0.350 e. The molecule has 4 atom stereocenters. The van der Waals surface area contributed by atoms with Crippen molar-refractivity contribution in [2.75, 3.05) is 6.61 Å². The third-order valence-corrected chi connectivity index (χ3v) is 5.63. The van der Waals surface area contributed by atoms with Crippen LogP contribution in [0, 0.1) is 11.3 Å². The van der Waals surface area contributed by atoms with Gasteiger partial charge in [0.25, 0.3) is 0 Å². The molecule has 3 fully saturated rings. The van der Waals surface area contributed by atoms with Gasteiger partial charge in [-0.1, -0.05) is 26.0 Å². The first-order chi connectivity index (χ1) is 8.73. The van der Waals surface area contributed by atoms with Gasteiger partial charge in [-0.15, -0.1) is 0 Å². The van der Waals surface area contributed by atoms with Gasteiger partial charge in [0.1, 0.15) is 5.60 Å². The lowest BCUT2D eigenvalue weighted by atomic mass is 9.69. The number of fused-ring (bicyclic) bond motifs is 1. The number of allylic oxidation sites excluding steroid dienone is 2. The Balaban J connectivity index is 1.71. The third kappa shape index (κ3) is 1.85. The lowest BCUT2D eigenvalue weighted by molar-refractivity contribution is 0.0329. The maximum absolute atomic E-state index is 5.94. The molecule has 0 radical (unpaired) electrons. The van der Waals surface area contributed by atoms with Crippen LogP contribution in [-0.2, 0) is 9.47 Å². The van der Waals surface area contributed by atoms with Crippen molar-refractivity contribution in [3.8, 4) is 0 Å². The van der Waals surface area contributed by atoms with E-state index in [-0.39, 0.29) is 11.9 Å². The first-order valence-electron chi connectivity index (χ1n) is 7.68. The van der Waals surface area contributed by atoms with Crippen LogP contribution in [0.25, 0.3) is 0 Å². The predicted octanol–water partition coefficient (Wildman–Crippen LogP) is 4.05. The summed E-state index contributed by atoms with van der Waals surface area (Å²) in [6.07, 6.45) is 13.6. The van der Waals surface area contributed by atoms with Crippen molar-refractivity contribution in [2.45, 2.75) is 70.7 Å². The zero-order chi connectivity index (χ0) is 12.6. The van der Waals surface area contributed by atoms with Crippen LogP contribution in [-0.4, -0.2) is 18.5 Å². The summed E-state index contributed by atoms with van der Waals surface area (Å²) in [6.45, 7) is 5.51. The molecule has 18 heavy (non-hydrogen) atoms. The van der Waals surface area contributed by atoms with Crippen LogP contribution in [0.3, 0.4) is 0 Å². The highest BCUT2D eigenvalue weighted by molar-refractivity contribution is 5.14. The molecule has 0 aromatic heterocycles. The van der Waals surface area contributed by atoms with Crippen molar-refractivity contribution in [1.29, 1.82) is 0 Å². The van der Waals surface area contributed by atoms with Gasteiger partial charge in [-0.3, -0.25) is 0 Å². The van der Waals surface area contributed by atoms with Crippen LogP contribution in [0.2, 0.25) is 0 Å². The molecule has 2 heteroatoms. The largest absolute Gasteiger partial charge is 0.350 e. The van der Waals surface area contributed by atoms with Crippen molar-refractivity contribution < 1.29 is 9.47 Å². The third-order valence-electron chi connectivity index (χ3n) is 5.63. The van der Waals surface area contributed by atoms with E-state index in [4.69, 9.17) is 9.47 Å². The molecule has 2 bridgehead atoms. The Morgan fingerprint density at radius 2 is 2.11 bits per heavy atom. The molecule has 0 aromatic carbocycles. The number of ether oxygens (including phenoxy) is 2. The summed E-state index contributed by atoms with van der Waals surface area (Å²) < 4.78 is 11.7. The second-order valence-corrected chi connectivity index (χ2v) is 6.38. The number of hydrogen-bond acceptors (Lipinski definition) is 2. The van der Waals surface area contributed by atoms with Crippen LogP contribution in [0.1, 0.15) is 58.8 Å². The molecular formula is C16H26O2. The Bertz CT molecular complexity index is 334. The van der Waals surface area contributed by atoms with Crippen molar-refractivity contribution in [3.63, 3.8) is 0 Å². The fraction of sp³-hybridized carbons (Fsp3) is 0.875. The Hall–Kier alpha value is -0.340. The summed E-state index contributed by atoms with van der Waals surface area (Å²) in [5.74, 6) is 0.672. The summed E-state index contributed by atoms with van der Waals surface area (Å²) >= 11 is 0. The van der Waals surface area contributed by atoms with E-state index in [2.05, 4.69) is 26.0 Å². The Morgan fingerprint density at radius 1 is 1.22 bits per heavy atom. The standard InChI is InChI=1S/C16H26O2/c1-3-4-5-6-8-15-9-7-12-17-14-16(18-14,11-10-15)13(15)2/h4-5,13-14H,3,6-12H2,1-2H3/b5-4-/t13?,14?,15?,16-/m1/s1. The van der Waals surface area contributed by atoms with Crippen LogP contribution in [0.5, 0.6) is 0 Å². The normalized spacial score (nSPS) is 46.8. The van der Waals surface area contributed by atoms with Gasteiger partial charge < -0.3 is 9.47 Å². The Morgan fingerprint density at radius 3 is 2.94 bits per heavy atom. The highest BCUT2D eigenvalue weighted by atomic mass is 16.8. The van der Waals surface area contributed by atoms with E-state index in [1.165, 1.54) is 38.5 Å². The maximum Gasteiger partial charge on any atom is 0.187 e. The molecule has 3 aliphatic rings. The number of epoxide rings is 1. The predicted molar refractivity (Wildman–Crippen MR) is 72.3 cm³/mol. The highest BCUT2D eigenvalue weighted by Crippen LogP contribution is 2.64. The van der Waals surface area contributed by atoms with E-state index in [0.717, 1.165) is 13.0 Å². The second-order valence-electron chi connectivity index (χ2n) is 6.38.